The number of hydrogen-bond acceptors (Lipinski definition) is 3. The van der Waals surface area contributed by atoms with E-state index >= 15 is 0 Å². The molecule has 4 nitrogen and oxygen atoms in total. The van der Waals surface area contributed by atoms with E-state index in [0.29, 0.717) is 6.42 Å². The van der Waals surface area contributed by atoms with Crippen molar-refractivity contribution < 1.29 is 20.1 Å². The second-order valence-electron chi connectivity index (χ2n) is 5.83. The van der Waals surface area contributed by atoms with Gasteiger partial charge in [-0.25, -0.2) is 0 Å². The summed E-state index contributed by atoms with van der Waals surface area (Å²) in [6, 6.07) is 0. The summed E-state index contributed by atoms with van der Waals surface area (Å²) in [5, 5.41) is 24.6. The first-order valence-corrected chi connectivity index (χ1v) is 9.12. The van der Waals surface area contributed by atoms with Crippen molar-refractivity contribution >= 4 is 5.97 Å². The molecule has 0 amide bonds. The molecule has 0 spiro atoms. The fraction of sp³-hybridized carbons (Fsp3) is 0.944. The number of unbranched alkanes of at least 4 members (excludes halogenated alkanes) is 11. The van der Waals surface area contributed by atoms with Crippen molar-refractivity contribution in [3.63, 3.8) is 0 Å². The van der Waals surface area contributed by atoms with Gasteiger partial charge in [0.2, 0.25) is 0 Å². The van der Waals surface area contributed by atoms with Crippen LogP contribution in [0.4, 0.5) is 0 Å². The Morgan fingerprint density at radius 3 is 1.32 bits per heavy atom. The maximum Gasteiger partial charge on any atom is 0.303 e. The van der Waals surface area contributed by atoms with Crippen LogP contribution in [0.2, 0.25) is 0 Å². The molecular weight excluding hydrogens is 280 g/mol. The number of rotatable bonds is 15. The van der Waals surface area contributed by atoms with Crippen molar-refractivity contribution in [2.45, 2.75) is 96.8 Å². The minimum absolute atomic E-state index is 0.195. The maximum atomic E-state index is 10.3. The Morgan fingerprint density at radius 2 is 1.00 bits per heavy atom. The van der Waals surface area contributed by atoms with Crippen molar-refractivity contribution in [1.82, 2.24) is 0 Å². The molecule has 0 aromatic rings. The van der Waals surface area contributed by atoms with Crippen LogP contribution in [0.15, 0.2) is 0 Å². The van der Waals surface area contributed by atoms with Crippen LogP contribution in [0.25, 0.3) is 0 Å². The molecule has 0 saturated heterocycles. The summed E-state index contributed by atoms with van der Waals surface area (Å²) in [4.78, 5) is 10.3. The number of aliphatic hydroxyl groups excluding tert-OH is 2. The molecule has 0 unspecified atom stereocenters. The summed E-state index contributed by atoms with van der Waals surface area (Å²) in [5.74, 6) is -0.657. The van der Waals surface area contributed by atoms with Crippen molar-refractivity contribution in [2.75, 3.05) is 13.2 Å². The minimum atomic E-state index is -0.657. The van der Waals surface area contributed by atoms with Crippen LogP contribution in [0, 0.1) is 0 Å². The lowest BCUT2D eigenvalue weighted by molar-refractivity contribution is -0.137. The molecule has 0 fully saturated rings. The summed E-state index contributed by atoms with van der Waals surface area (Å²) < 4.78 is 0. The monoisotopic (exact) mass is 318 g/mol. The summed E-state index contributed by atoms with van der Waals surface area (Å²) in [6.07, 6.45) is 15.8. The lowest BCUT2D eigenvalue weighted by Crippen LogP contribution is -1.93. The zero-order valence-corrected chi connectivity index (χ0v) is 14.6. The van der Waals surface area contributed by atoms with Gasteiger partial charge in [-0.3, -0.25) is 4.79 Å². The average Bonchev–Trinajstić information content (AvgIpc) is 2.51. The summed E-state index contributed by atoms with van der Waals surface area (Å²) in [6.45, 7) is 2.64. The molecule has 0 aromatic heterocycles. The fourth-order valence-electron chi connectivity index (χ4n) is 2.16. The summed E-state index contributed by atoms with van der Waals surface area (Å²) in [5.41, 5.74) is 0. The van der Waals surface area contributed by atoms with Crippen molar-refractivity contribution in [1.29, 1.82) is 0 Å². The first-order chi connectivity index (χ1) is 10.7. The highest BCUT2D eigenvalue weighted by Gasteiger charge is 1.96. The highest BCUT2D eigenvalue weighted by atomic mass is 16.4. The van der Waals surface area contributed by atoms with Gasteiger partial charge in [-0.05, 0) is 19.3 Å². The van der Waals surface area contributed by atoms with E-state index in [1.54, 1.807) is 0 Å². The van der Waals surface area contributed by atoms with E-state index in [4.69, 9.17) is 15.3 Å². The Labute approximate surface area is 136 Å². The Hall–Kier alpha value is -0.610. The van der Waals surface area contributed by atoms with Crippen LogP contribution >= 0.6 is 0 Å². The zero-order chi connectivity index (χ0) is 16.9. The lowest BCUT2D eigenvalue weighted by atomic mass is 10.1. The van der Waals surface area contributed by atoms with Crippen LogP contribution in [0.1, 0.15) is 96.8 Å². The van der Waals surface area contributed by atoms with Gasteiger partial charge in [0, 0.05) is 19.6 Å². The van der Waals surface area contributed by atoms with E-state index in [9.17, 15) is 4.79 Å². The molecule has 134 valence electrons. The highest BCUT2D eigenvalue weighted by Crippen LogP contribution is 2.11. The fourth-order valence-corrected chi connectivity index (χ4v) is 2.16. The first kappa shape index (κ1) is 23.7. The van der Waals surface area contributed by atoms with E-state index in [2.05, 4.69) is 6.92 Å². The predicted octanol–water partition coefficient (Wildman–Crippen LogP) is 4.52. The molecule has 0 saturated carbocycles. The molecule has 0 rings (SSSR count). The molecule has 0 atom stereocenters. The molecule has 0 bridgehead atoms. The van der Waals surface area contributed by atoms with Crippen molar-refractivity contribution in [3.05, 3.63) is 0 Å². The molecule has 0 heterocycles. The van der Waals surface area contributed by atoms with Gasteiger partial charge in [0.25, 0.3) is 0 Å². The molecule has 0 radical (unpaired) electrons. The number of carboxylic acid groups (broad SMARTS) is 1. The molecule has 0 aromatic carbocycles. The second-order valence-corrected chi connectivity index (χ2v) is 5.83. The predicted molar refractivity (Wildman–Crippen MR) is 92.1 cm³/mol. The Balaban J connectivity index is 0. The molecule has 0 aliphatic carbocycles. The third-order valence-electron chi connectivity index (χ3n) is 3.56. The topological polar surface area (TPSA) is 77.8 Å². The number of hydrogen-bond donors (Lipinski definition) is 3. The van der Waals surface area contributed by atoms with Gasteiger partial charge in [-0.2, -0.15) is 0 Å². The van der Waals surface area contributed by atoms with Crippen LogP contribution < -0.4 is 0 Å². The molecule has 0 aliphatic rings. The number of carbonyl (C=O) groups is 1. The average molecular weight is 318 g/mol. The van der Waals surface area contributed by atoms with Gasteiger partial charge in [-0.1, -0.05) is 71.1 Å². The van der Waals surface area contributed by atoms with Gasteiger partial charge in [0.1, 0.15) is 0 Å². The standard InChI is InChI=1S/C14H28O2.C4H10O2/c1-2-3-4-5-6-7-8-9-10-11-12-13-14(15)16;5-3-1-2-4-6/h2-13H2,1H3,(H,15,16);5-6H,1-4H2. The summed E-state index contributed by atoms with van der Waals surface area (Å²) >= 11 is 0. The van der Waals surface area contributed by atoms with Gasteiger partial charge in [0.15, 0.2) is 0 Å². The van der Waals surface area contributed by atoms with Crippen molar-refractivity contribution in [2.24, 2.45) is 0 Å². The zero-order valence-electron chi connectivity index (χ0n) is 14.6. The van der Waals surface area contributed by atoms with Gasteiger partial charge >= 0.3 is 5.97 Å². The van der Waals surface area contributed by atoms with Gasteiger partial charge < -0.3 is 15.3 Å². The Kier molecular flexibility index (Phi) is 24.4. The summed E-state index contributed by atoms with van der Waals surface area (Å²) in [7, 11) is 0. The number of carboxylic acids is 1. The second kappa shape index (κ2) is 22.7. The molecular formula is C18H38O4. The van der Waals surface area contributed by atoms with Crippen LogP contribution in [-0.2, 0) is 4.79 Å². The van der Waals surface area contributed by atoms with E-state index in [1.165, 1.54) is 57.8 Å². The molecule has 22 heavy (non-hydrogen) atoms. The van der Waals surface area contributed by atoms with Crippen LogP contribution in [0.5, 0.6) is 0 Å². The largest absolute Gasteiger partial charge is 0.481 e. The minimum Gasteiger partial charge on any atom is -0.481 e. The number of aliphatic hydroxyl groups is 2. The molecule has 4 heteroatoms. The van der Waals surface area contributed by atoms with Gasteiger partial charge in [-0.15, -0.1) is 0 Å². The molecule has 3 N–H and O–H groups in total. The SMILES string of the molecule is CCCCCCCCCCCCCC(=O)O.OCCCCO. The third kappa shape index (κ3) is 27.7. The van der Waals surface area contributed by atoms with E-state index < -0.39 is 5.97 Å². The Morgan fingerprint density at radius 1 is 0.636 bits per heavy atom. The van der Waals surface area contributed by atoms with E-state index in [-0.39, 0.29) is 13.2 Å². The smallest absolute Gasteiger partial charge is 0.303 e. The van der Waals surface area contributed by atoms with E-state index in [1.807, 2.05) is 0 Å². The highest BCUT2D eigenvalue weighted by molar-refractivity contribution is 5.66. The van der Waals surface area contributed by atoms with Crippen LogP contribution in [-0.4, -0.2) is 34.5 Å². The van der Waals surface area contributed by atoms with Crippen molar-refractivity contribution in [3.8, 4) is 0 Å². The number of aliphatic carboxylic acids is 1. The Bertz CT molecular complexity index is 203. The first-order valence-electron chi connectivity index (χ1n) is 9.12. The van der Waals surface area contributed by atoms with Gasteiger partial charge in [0.05, 0.1) is 0 Å². The third-order valence-corrected chi connectivity index (χ3v) is 3.56. The van der Waals surface area contributed by atoms with Crippen LogP contribution in [0.3, 0.4) is 0 Å². The maximum absolute atomic E-state index is 10.3. The lowest BCUT2D eigenvalue weighted by Gasteiger charge is -2.01. The van der Waals surface area contributed by atoms with E-state index in [0.717, 1.165) is 25.7 Å². The quantitative estimate of drug-likeness (QED) is 0.388. The normalized spacial score (nSPS) is 10.1. The molecule has 0 aliphatic heterocycles.